The minimum Gasteiger partial charge on any atom is -0.501 e. The first kappa shape index (κ1) is 33.2. The van der Waals surface area contributed by atoms with Gasteiger partial charge in [0.1, 0.15) is 5.58 Å². The quantitative estimate of drug-likeness (QED) is 0.124. The van der Waals surface area contributed by atoms with Crippen molar-refractivity contribution in [2.24, 2.45) is 0 Å². The Morgan fingerprint density at radius 1 is 0.739 bits per heavy atom. The van der Waals surface area contributed by atoms with E-state index in [2.05, 4.69) is 124 Å². The summed E-state index contributed by atoms with van der Waals surface area (Å²) in [5.41, 5.74) is 9.69. The Bertz CT molecular complexity index is 2050. The summed E-state index contributed by atoms with van der Waals surface area (Å²) in [5.74, 6) is 0.469. The zero-order chi connectivity index (χ0) is 31.4. The van der Waals surface area contributed by atoms with E-state index in [0.29, 0.717) is 5.92 Å². The van der Waals surface area contributed by atoms with Crippen LogP contribution in [0.3, 0.4) is 0 Å². The number of aromatic nitrogens is 2. The van der Waals surface area contributed by atoms with Gasteiger partial charge in [-0.3, -0.25) is 0 Å². The number of para-hydroxylation sites is 1. The monoisotopic (exact) mass is 795 g/mol. The first-order valence-electron chi connectivity index (χ1n) is 15.6. The molecule has 0 amide bonds. The third kappa shape index (κ3) is 7.45. The zero-order valence-corrected chi connectivity index (χ0v) is 30.4. The molecule has 1 radical (unpaired) electrons. The summed E-state index contributed by atoms with van der Waals surface area (Å²) < 4.78 is 6.07. The number of furan rings is 1. The molecule has 46 heavy (non-hydrogen) atoms. The number of benzene rings is 4. The summed E-state index contributed by atoms with van der Waals surface area (Å²) in [5, 5.41) is 3.69. The van der Waals surface area contributed by atoms with Gasteiger partial charge in [0, 0.05) is 37.9 Å². The van der Waals surface area contributed by atoms with E-state index in [1.165, 1.54) is 21.9 Å². The Balaban J connectivity index is 0.000000177. The Morgan fingerprint density at radius 3 is 2.24 bits per heavy atom. The van der Waals surface area contributed by atoms with Crippen LogP contribution in [-0.4, -0.2) is 18.0 Å². The van der Waals surface area contributed by atoms with Crippen LogP contribution in [0.4, 0.5) is 0 Å². The van der Waals surface area contributed by atoms with Crippen molar-refractivity contribution in [1.82, 2.24) is 9.97 Å². The van der Waals surface area contributed by atoms with Crippen molar-refractivity contribution in [3.8, 4) is 22.5 Å². The van der Waals surface area contributed by atoms with Crippen molar-refractivity contribution in [2.45, 2.75) is 45.8 Å². The molecule has 0 bridgehead atoms. The van der Waals surface area contributed by atoms with Crippen LogP contribution < -0.4 is 5.19 Å². The number of fused-ring (bicyclic) bond motifs is 3. The van der Waals surface area contributed by atoms with Gasteiger partial charge in [0.25, 0.3) is 0 Å². The summed E-state index contributed by atoms with van der Waals surface area (Å²) in [6.07, 6.45) is 4.92. The Kier molecular flexibility index (Phi) is 10.5. The topological polar surface area (TPSA) is 38.9 Å². The van der Waals surface area contributed by atoms with E-state index in [-0.39, 0.29) is 20.1 Å². The molecule has 0 fully saturated rings. The fourth-order valence-electron chi connectivity index (χ4n) is 5.66. The molecule has 3 heterocycles. The first-order valence-corrected chi connectivity index (χ1v) is 19.1. The second-order valence-electron chi connectivity index (χ2n) is 12.7. The SMILES string of the molecule is CC(C)c1ccnc(-c2[c-]ccc3c2oc2ccccc23)c1.C[Si](C)(C)c1cnc(-c2[c-]cccc2)cc1Cc1ccccc1.[Ir]. The minimum absolute atomic E-state index is 0. The maximum atomic E-state index is 6.07. The molecule has 0 unspecified atom stereocenters. The van der Waals surface area contributed by atoms with Gasteiger partial charge in [-0.05, 0) is 46.6 Å². The molecule has 0 N–H and O–H groups in total. The molecule has 0 spiro atoms. The number of hydrogen-bond donors (Lipinski definition) is 0. The van der Waals surface area contributed by atoms with E-state index in [1.807, 2.05) is 48.7 Å². The van der Waals surface area contributed by atoms with Gasteiger partial charge in [-0.25, -0.2) is 0 Å². The van der Waals surface area contributed by atoms with Crippen LogP contribution in [-0.2, 0) is 26.5 Å². The average Bonchev–Trinajstić information content (AvgIpc) is 3.44. The first-order chi connectivity index (χ1) is 21.8. The molecule has 0 saturated heterocycles. The van der Waals surface area contributed by atoms with Crippen LogP contribution >= 0.6 is 0 Å². The van der Waals surface area contributed by atoms with Gasteiger partial charge in [0.05, 0.1) is 13.7 Å². The van der Waals surface area contributed by atoms with Gasteiger partial charge in [-0.2, -0.15) is 0 Å². The largest absolute Gasteiger partial charge is 0.501 e. The molecule has 7 rings (SSSR count). The number of hydrogen-bond acceptors (Lipinski definition) is 3. The average molecular weight is 795 g/mol. The van der Waals surface area contributed by atoms with Crippen molar-refractivity contribution in [3.63, 3.8) is 0 Å². The smallest absolute Gasteiger partial charge is 0.120 e. The number of nitrogens with zero attached hydrogens (tertiary/aromatic N) is 2. The van der Waals surface area contributed by atoms with Crippen LogP contribution in [0.5, 0.6) is 0 Å². The summed E-state index contributed by atoms with van der Waals surface area (Å²) in [6.45, 7) is 11.5. The molecule has 0 aliphatic heterocycles. The van der Waals surface area contributed by atoms with Crippen molar-refractivity contribution in [1.29, 1.82) is 0 Å². The normalized spacial score (nSPS) is 11.3. The molecule has 5 heteroatoms. The predicted octanol–water partition coefficient (Wildman–Crippen LogP) is 10.3. The van der Waals surface area contributed by atoms with E-state index in [9.17, 15) is 0 Å². The van der Waals surface area contributed by atoms with Crippen LogP contribution in [0, 0.1) is 12.1 Å². The molecule has 4 aromatic carbocycles. The van der Waals surface area contributed by atoms with E-state index in [4.69, 9.17) is 9.40 Å². The molecule has 233 valence electrons. The molecular formula is C41H38IrN2OSi-2. The van der Waals surface area contributed by atoms with Gasteiger partial charge in [0.15, 0.2) is 0 Å². The predicted molar refractivity (Wildman–Crippen MR) is 191 cm³/mol. The van der Waals surface area contributed by atoms with Crippen molar-refractivity contribution in [2.75, 3.05) is 0 Å². The standard InChI is InChI=1S/C21H22NSi.C20H16NO.Ir/c1-23(2,3)21-16-22-20(18-12-8-5-9-13-18)15-19(21)14-17-10-6-4-7-11-17;1-13(2)14-10-11-21-18(12-14)17-8-5-7-16-15-6-3-4-9-19(15)22-20(16)17;/h4-12,15-16H,14H2,1-3H3;3-7,9-13H,1-2H3;/q2*-1;. The number of pyridine rings is 2. The van der Waals surface area contributed by atoms with Gasteiger partial charge in [-0.15, -0.1) is 54.1 Å². The third-order valence-electron chi connectivity index (χ3n) is 8.07. The molecular weight excluding hydrogens is 757 g/mol. The maximum Gasteiger partial charge on any atom is 0.120 e. The van der Waals surface area contributed by atoms with Crippen molar-refractivity contribution < 1.29 is 24.5 Å². The van der Waals surface area contributed by atoms with E-state index < -0.39 is 8.07 Å². The second-order valence-corrected chi connectivity index (χ2v) is 17.8. The molecule has 3 aromatic heterocycles. The van der Waals surface area contributed by atoms with Gasteiger partial charge >= 0.3 is 0 Å². The number of rotatable bonds is 6. The molecule has 7 aromatic rings. The van der Waals surface area contributed by atoms with E-state index in [1.54, 1.807) is 0 Å². The Labute approximate surface area is 287 Å². The fourth-order valence-corrected chi connectivity index (χ4v) is 7.23. The van der Waals surface area contributed by atoms with E-state index >= 15 is 0 Å². The van der Waals surface area contributed by atoms with Crippen LogP contribution in [0.1, 0.15) is 36.5 Å². The summed E-state index contributed by atoms with van der Waals surface area (Å²) in [6, 6.07) is 43.9. The Hall–Kier alpha value is -4.15. The third-order valence-corrected chi connectivity index (χ3v) is 10.1. The van der Waals surface area contributed by atoms with Crippen LogP contribution in [0.15, 0.2) is 126 Å². The summed E-state index contributed by atoms with van der Waals surface area (Å²) in [7, 11) is -1.43. The molecule has 0 aliphatic carbocycles. The summed E-state index contributed by atoms with van der Waals surface area (Å²) in [4.78, 5) is 9.24. The Morgan fingerprint density at radius 2 is 1.50 bits per heavy atom. The fraction of sp³-hybridized carbons (Fsp3) is 0.171. The van der Waals surface area contributed by atoms with E-state index in [0.717, 1.165) is 50.9 Å². The minimum atomic E-state index is -1.43. The zero-order valence-electron chi connectivity index (χ0n) is 27.0. The molecule has 0 atom stereocenters. The van der Waals surface area contributed by atoms with Gasteiger partial charge in [0.2, 0.25) is 0 Å². The van der Waals surface area contributed by atoms with Crippen molar-refractivity contribution >= 4 is 35.2 Å². The summed E-state index contributed by atoms with van der Waals surface area (Å²) >= 11 is 0. The van der Waals surface area contributed by atoms with Gasteiger partial charge < -0.3 is 14.4 Å². The van der Waals surface area contributed by atoms with Crippen LogP contribution in [0.25, 0.3) is 44.5 Å². The molecule has 3 nitrogen and oxygen atoms in total. The van der Waals surface area contributed by atoms with Crippen molar-refractivity contribution in [3.05, 3.63) is 150 Å². The van der Waals surface area contributed by atoms with Gasteiger partial charge in [-0.1, -0.05) is 116 Å². The molecule has 0 aliphatic rings. The molecule has 0 saturated carbocycles. The van der Waals surface area contributed by atoms with Crippen LogP contribution in [0.2, 0.25) is 19.6 Å². The maximum absolute atomic E-state index is 6.07. The second kappa shape index (κ2) is 14.5.